The second kappa shape index (κ2) is 8.19. The van der Waals surface area contributed by atoms with Crippen LogP contribution >= 0.6 is 11.3 Å². The highest BCUT2D eigenvalue weighted by molar-refractivity contribution is 7.13. The van der Waals surface area contributed by atoms with E-state index >= 15 is 0 Å². The van der Waals surface area contributed by atoms with Crippen LogP contribution < -0.4 is 14.8 Å². The minimum atomic E-state index is -0.465. The molecule has 1 aliphatic heterocycles. The number of hydrogen-bond donors (Lipinski definition) is 1. The third kappa shape index (κ3) is 3.99. The number of aromatic nitrogens is 3. The normalized spacial score (nSPS) is 12.9. The summed E-state index contributed by atoms with van der Waals surface area (Å²) < 4.78 is 26.2. The van der Waals surface area contributed by atoms with Gasteiger partial charge in [-0.3, -0.25) is 4.79 Å². The van der Waals surface area contributed by atoms with E-state index in [0.29, 0.717) is 41.9 Å². The van der Waals surface area contributed by atoms with Crippen molar-refractivity contribution in [3.8, 4) is 27.9 Å². The van der Waals surface area contributed by atoms with Crippen molar-refractivity contribution in [1.82, 2.24) is 14.8 Å². The van der Waals surface area contributed by atoms with Gasteiger partial charge in [-0.25, -0.2) is 14.1 Å². The Bertz CT molecular complexity index is 1220. The lowest BCUT2D eigenvalue weighted by Gasteiger charge is -2.09. The van der Waals surface area contributed by atoms with Crippen LogP contribution in [0.5, 0.6) is 11.5 Å². The zero-order valence-corrected chi connectivity index (χ0v) is 17.1. The predicted molar refractivity (Wildman–Crippen MR) is 115 cm³/mol. The first-order valence-electron chi connectivity index (χ1n) is 9.65. The smallest absolute Gasteiger partial charge is 0.295 e. The SMILES string of the molecule is O=C(Nc1ccc2c(c1)OCCCO2)c1nc(-c2cccs2)n(-c2ccc(F)cc2)n1. The lowest BCUT2D eigenvalue weighted by molar-refractivity contribution is 0.101. The Morgan fingerprint density at radius 1 is 1.06 bits per heavy atom. The summed E-state index contributed by atoms with van der Waals surface area (Å²) in [6, 6.07) is 14.9. The molecule has 0 bridgehead atoms. The molecular weight excluding hydrogens is 419 g/mol. The van der Waals surface area contributed by atoms with Crippen LogP contribution in [0.2, 0.25) is 0 Å². The molecule has 7 nitrogen and oxygen atoms in total. The van der Waals surface area contributed by atoms with Gasteiger partial charge in [0.25, 0.3) is 5.91 Å². The summed E-state index contributed by atoms with van der Waals surface area (Å²) in [4.78, 5) is 18.2. The van der Waals surface area contributed by atoms with Crippen molar-refractivity contribution in [2.24, 2.45) is 0 Å². The van der Waals surface area contributed by atoms with Gasteiger partial charge >= 0.3 is 0 Å². The van der Waals surface area contributed by atoms with Crippen LogP contribution in [0.15, 0.2) is 60.0 Å². The van der Waals surface area contributed by atoms with Gasteiger partial charge in [0.05, 0.1) is 23.8 Å². The van der Waals surface area contributed by atoms with Crippen LogP contribution in [0.1, 0.15) is 17.0 Å². The average molecular weight is 436 g/mol. The Labute approximate surface area is 181 Å². The van der Waals surface area contributed by atoms with E-state index < -0.39 is 5.91 Å². The van der Waals surface area contributed by atoms with Crippen LogP contribution in [0.4, 0.5) is 10.1 Å². The van der Waals surface area contributed by atoms with E-state index in [1.807, 2.05) is 17.5 Å². The Morgan fingerprint density at radius 2 is 1.87 bits per heavy atom. The number of halogens is 1. The summed E-state index contributed by atoms with van der Waals surface area (Å²) in [5.74, 6) is 0.917. The van der Waals surface area contributed by atoms with Crippen LogP contribution in [0.25, 0.3) is 16.4 Å². The first kappa shape index (κ1) is 19.3. The molecular formula is C22H17FN4O3S. The molecule has 0 atom stereocenters. The van der Waals surface area contributed by atoms with Gasteiger partial charge in [0.15, 0.2) is 17.3 Å². The summed E-state index contributed by atoms with van der Waals surface area (Å²) >= 11 is 1.47. The van der Waals surface area contributed by atoms with E-state index in [2.05, 4.69) is 15.4 Å². The largest absolute Gasteiger partial charge is 0.490 e. The summed E-state index contributed by atoms with van der Waals surface area (Å²) in [6.45, 7) is 1.15. The van der Waals surface area contributed by atoms with Crippen LogP contribution in [-0.2, 0) is 0 Å². The molecule has 0 saturated heterocycles. The van der Waals surface area contributed by atoms with Gasteiger partial charge in [0.2, 0.25) is 5.82 Å². The number of nitrogens with zero attached hydrogens (tertiary/aromatic N) is 3. The van der Waals surface area contributed by atoms with Crippen LogP contribution in [-0.4, -0.2) is 33.9 Å². The molecule has 0 radical (unpaired) electrons. The number of ether oxygens (including phenoxy) is 2. The van der Waals surface area contributed by atoms with Crippen molar-refractivity contribution in [1.29, 1.82) is 0 Å². The molecule has 156 valence electrons. The van der Waals surface area contributed by atoms with Gasteiger partial charge in [0, 0.05) is 18.2 Å². The van der Waals surface area contributed by atoms with Gasteiger partial charge in [-0.1, -0.05) is 6.07 Å². The monoisotopic (exact) mass is 436 g/mol. The highest BCUT2D eigenvalue weighted by Gasteiger charge is 2.20. The highest BCUT2D eigenvalue weighted by atomic mass is 32.1. The van der Waals surface area contributed by atoms with Crippen LogP contribution in [0.3, 0.4) is 0 Å². The quantitative estimate of drug-likeness (QED) is 0.508. The standard InChI is InChI=1S/C22H17FN4O3S/c23-14-4-7-16(8-5-14)27-21(19-3-1-12-31-19)25-20(26-27)22(28)24-15-6-9-17-18(13-15)30-11-2-10-29-17/h1,3-9,12-13H,2,10-11H2,(H,24,28). The second-order valence-electron chi connectivity index (χ2n) is 6.79. The zero-order valence-electron chi connectivity index (χ0n) is 16.2. The van der Waals surface area contributed by atoms with Crippen LogP contribution in [0, 0.1) is 5.82 Å². The number of hydrogen-bond acceptors (Lipinski definition) is 6. The van der Waals surface area contributed by atoms with Crippen molar-refractivity contribution in [2.45, 2.75) is 6.42 Å². The first-order chi connectivity index (χ1) is 15.2. The maximum absolute atomic E-state index is 13.4. The van der Waals surface area contributed by atoms with E-state index in [-0.39, 0.29) is 11.6 Å². The average Bonchev–Trinajstić information content (AvgIpc) is 3.40. The van der Waals surface area contributed by atoms with Crippen molar-refractivity contribution >= 4 is 22.9 Å². The van der Waals surface area contributed by atoms with E-state index in [1.54, 1.807) is 30.3 Å². The topological polar surface area (TPSA) is 78.3 Å². The van der Waals surface area contributed by atoms with Gasteiger partial charge in [-0.15, -0.1) is 16.4 Å². The van der Waals surface area contributed by atoms with E-state index in [0.717, 1.165) is 11.3 Å². The molecule has 9 heteroatoms. The molecule has 0 aliphatic carbocycles. The molecule has 31 heavy (non-hydrogen) atoms. The molecule has 0 spiro atoms. The fourth-order valence-corrected chi connectivity index (χ4v) is 3.86. The number of fused-ring (bicyclic) bond motifs is 1. The van der Waals surface area contributed by atoms with Gasteiger partial charge in [-0.05, 0) is 47.8 Å². The summed E-state index contributed by atoms with van der Waals surface area (Å²) in [7, 11) is 0. The fraction of sp³-hybridized carbons (Fsp3) is 0.136. The van der Waals surface area contributed by atoms with Crippen molar-refractivity contribution < 1.29 is 18.7 Å². The molecule has 2 aromatic carbocycles. The Balaban J connectivity index is 1.46. The molecule has 2 aromatic heterocycles. The number of carbonyl (C=O) groups is 1. The molecule has 1 aliphatic rings. The lowest BCUT2D eigenvalue weighted by atomic mass is 10.2. The van der Waals surface area contributed by atoms with E-state index in [1.165, 1.54) is 28.2 Å². The summed E-state index contributed by atoms with van der Waals surface area (Å²) in [5.41, 5.74) is 1.15. The number of carbonyl (C=O) groups excluding carboxylic acids is 1. The zero-order chi connectivity index (χ0) is 21.2. The minimum absolute atomic E-state index is 0.000152. The van der Waals surface area contributed by atoms with Gasteiger partial charge < -0.3 is 14.8 Å². The number of nitrogens with one attached hydrogen (secondary N) is 1. The predicted octanol–water partition coefficient (Wildman–Crippen LogP) is 4.55. The number of amides is 1. The summed E-state index contributed by atoms with van der Waals surface area (Å²) in [5, 5.41) is 9.11. The fourth-order valence-electron chi connectivity index (χ4n) is 3.16. The molecule has 1 amide bonds. The molecule has 0 saturated carbocycles. The molecule has 3 heterocycles. The van der Waals surface area contributed by atoms with E-state index in [4.69, 9.17) is 9.47 Å². The number of anilines is 1. The minimum Gasteiger partial charge on any atom is -0.490 e. The maximum Gasteiger partial charge on any atom is 0.295 e. The maximum atomic E-state index is 13.4. The van der Waals surface area contributed by atoms with Crippen molar-refractivity contribution in [3.63, 3.8) is 0 Å². The number of benzene rings is 2. The highest BCUT2D eigenvalue weighted by Crippen LogP contribution is 2.32. The lowest BCUT2D eigenvalue weighted by Crippen LogP contribution is -2.14. The third-order valence-electron chi connectivity index (χ3n) is 4.63. The van der Waals surface area contributed by atoms with Gasteiger partial charge in [-0.2, -0.15) is 0 Å². The molecule has 0 unspecified atom stereocenters. The van der Waals surface area contributed by atoms with Crippen molar-refractivity contribution in [2.75, 3.05) is 18.5 Å². The third-order valence-corrected chi connectivity index (χ3v) is 5.49. The van der Waals surface area contributed by atoms with Crippen molar-refractivity contribution in [3.05, 3.63) is 71.6 Å². The van der Waals surface area contributed by atoms with E-state index in [9.17, 15) is 9.18 Å². The molecule has 1 N–H and O–H groups in total. The molecule has 4 aromatic rings. The Kier molecular flexibility index (Phi) is 5.09. The Morgan fingerprint density at radius 3 is 2.65 bits per heavy atom. The number of thiophene rings is 1. The van der Waals surface area contributed by atoms with Gasteiger partial charge in [0.1, 0.15) is 5.82 Å². The second-order valence-corrected chi connectivity index (χ2v) is 7.74. The first-order valence-corrected chi connectivity index (χ1v) is 10.5. The summed E-state index contributed by atoms with van der Waals surface area (Å²) in [6.07, 6.45) is 0.798. The molecule has 5 rings (SSSR count). The number of rotatable bonds is 4. The Hall–Kier alpha value is -3.72. The molecule has 0 fully saturated rings.